The predicted molar refractivity (Wildman–Crippen MR) is 131 cm³/mol. The molecule has 0 radical (unpaired) electrons. The number of carbonyl (C=O) groups is 4. The predicted octanol–water partition coefficient (Wildman–Crippen LogP) is 2.89. The molecule has 0 bridgehead atoms. The topological polar surface area (TPSA) is 197 Å². The minimum absolute atomic E-state index is 0.449. The highest BCUT2D eigenvalue weighted by atomic mass is 32.1. The molecule has 0 atom stereocenters. The van der Waals surface area contributed by atoms with Crippen molar-refractivity contribution in [1.29, 1.82) is 5.41 Å². The number of rotatable bonds is 7. The van der Waals surface area contributed by atoms with Gasteiger partial charge in [-0.05, 0) is 53.6 Å². The number of amidine groups is 1. The van der Waals surface area contributed by atoms with Gasteiger partial charge in [-0.3, -0.25) is 5.41 Å². The number of carboxylic acid groups (broad SMARTS) is 4. The number of nitrogens with one attached hydrogen (secondary N) is 3. The van der Waals surface area contributed by atoms with Crippen molar-refractivity contribution in [3.63, 3.8) is 0 Å². The first-order valence-electron chi connectivity index (χ1n) is 9.74. The van der Waals surface area contributed by atoms with E-state index in [-0.39, 0.29) is 0 Å². The van der Waals surface area contributed by atoms with E-state index in [4.69, 9.17) is 45.0 Å². The third-order valence-corrected chi connectivity index (χ3v) is 5.59. The summed E-state index contributed by atoms with van der Waals surface area (Å²) in [6.07, 6.45) is 1.01. The molecule has 0 aliphatic heterocycles. The van der Waals surface area contributed by atoms with E-state index in [0.29, 0.717) is 5.84 Å². The van der Waals surface area contributed by atoms with Gasteiger partial charge < -0.3 is 31.1 Å². The van der Waals surface area contributed by atoms with Gasteiger partial charge in [-0.2, -0.15) is 0 Å². The summed E-state index contributed by atoms with van der Waals surface area (Å²) in [5.74, 6) is -6.85. The fourth-order valence-electron chi connectivity index (χ4n) is 2.24. The number of aliphatic carboxylic acids is 4. The fraction of sp³-hybridized carbons (Fsp3) is 0.136. The SMILES string of the molecule is N=C(Nc1ccc(CCNCc2cccs2)cc1)c1cccs1.O=C(O)C(=O)O.O=C(O)C(=O)O. The lowest BCUT2D eigenvalue weighted by atomic mass is 10.1. The molecule has 0 amide bonds. The number of hydrogen-bond donors (Lipinski definition) is 7. The maximum atomic E-state index is 9.10. The number of anilines is 1. The Labute approximate surface area is 207 Å². The number of benzene rings is 1. The molecule has 3 aromatic rings. The van der Waals surface area contributed by atoms with E-state index in [1.54, 1.807) is 22.7 Å². The minimum Gasteiger partial charge on any atom is -0.473 e. The molecule has 0 saturated heterocycles. The van der Waals surface area contributed by atoms with Gasteiger partial charge in [-0.15, -0.1) is 22.7 Å². The first kappa shape index (κ1) is 29.0. The van der Waals surface area contributed by atoms with Crippen LogP contribution in [0, 0.1) is 5.41 Å². The van der Waals surface area contributed by atoms with Crippen molar-refractivity contribution in [2.24, 2.45) is 0 Å². The highest BCUT2D eigenvalue weighted by Crippen LogP contribution is 2.14. The van der Waals surface area contributed by atoms with Gasteiger partial charge in [0.2, 0.25) is 0 Å². The molecule has 7 N–H and O–H groups in total. The Bertz CT molecular complexity index is 1050. The molecule has 186 valence electrons. The van der Waals surface area contributed by atoms with Crippen LogP contribution >= 0.6 is 22.7 Å². The van der Waals surface area contributed by atoms with Crippen LogP contribution in [-0.4, -0.2) is 56.7 Å². The van der Waals surface area contributed by atoms with E-state index in [2.05, 4.69) is 40.3 Å². The average Bonchev–Trinajstić information content (AvgIpc) is 3.53. The average molecular weight is 522 g/mol. The van der Waals surface area contributed by atoms with Crippen molar-refractivity contribution >= 4 is 58.1 Å². The summed E-state index contributed by atoms with van der Waals surface area (Å²) in [6, 6.07) is 16.5. The van der Waals surface area contributed by atoms with Crippen molar-refractivity contribution in [3.8, 4) is 0 Å². The second-order valence-electron chi connectivity index (χ2n) is 6.40. The van der Waals surface area contributed by atoms with Gasteiger partial charge in [0.15, 0.2) is 0 Å². The van der Waals surface area contributed by atoms with E-state index in [0.717, 1.165) is 30.1 Å². The molecule has 0 saturated carbocycles. The third kappa shape index (κ3) is 12.7. The normalized spacial score (nSPS) is 9.49. The molecular formula is C22H23N3O8S2. The Morgan fingerprint density at radius 2 is 1.31 bits per heavy atom. The molecule has 0 spiro atoms. The smallest absolute Gasteiger partial charge is 0.414 e. The zero-order valence-corrected chi connectivity index (χ0v) is 19.8. The quantitative estimate of drug-likeness (QED) is 0.105. The van der Waals surface area contributed by atoms with Crippen LogP contribution in [0.4, 0.5) is 5.69 Å². The molecule has 0 unspecified atom stereocenters. The standard InChI is InChI=1S/C18H19N3S2.2C2H2O4/c19-18(17-4-2-12-23-17)21-15-7-5-14(6-8-15)9-10-20-13-16-3-1-11-22-16;2*3-1(4)2(5)6/h1-8,11-12,20H,9-10,13H2,(H2,19,21);2*(H,3,4)(H,5,6). The van der Waals surface area contributed by atoms with Gasteiger partial charge in [-0.1, -0.05) is 24.3 Å². The first-order chi connectivity index (χ1) is 16.6. The van der Waals surface area contributed by atoms with Crippen molar-refractivity contribution in [1.82, 2.24) is 5.32 Å². The highest BCUT2D eigenvalue weighted by Gasteiger charge is 2.05. The van der Waals surface area contributed by atoms with Crippen LogP contribution in [0.2, 0.25) is 0 Å². The van der Waals surface area contributed by atoms with Crippen LogP contribution in [0.15, 0.2) is 59.3 Å². The summed E-state index contributed by atoms with van der Waals surface area (Å²) in [5.41, 5.74) is 2.26. The maximum absolute atomic E-state index is 9.10. The molecule has 13 heteroatoms. The van der Waals surface area contributed by atoms with Gasteiger partial charge >= 0.3 is 23.9 Å². The van der Waals surface area contributed by atoms with E-state index in [9.17, 15) is 0 Å². The summed E-state index contributed by atoms with van der Waals surface area (Å²) in [4.78, 5) is 38.7. The molecular weight excluding hydrogens is 498 g/mol. The van der Waals surface area contributed by atoms with Gasteiger partial charge in [-0.25, -0.2) is 19.2 Å². The summed E-state index contributed by atoms with van der Waals surface area (Å²) in [5, 5.41) is 48.3. The Morgan fingerprint density at radius 1 is 0.771 bits per heavy atom. The van der Waals surface area contributed by atoms with Crippen LogP contribution in [0.1, 0.15) is 15.3 Å². The second-order valence-corrected chi connectivity index (χ2v) is 8.38. The zero-order valence-electron chi connectivity index (χ0n) is 18.1. The first-order valence-corrected chi connectivity index (χ1v) is 11.5. The molecule has 1 aromatic carbocycles. The summed E-state index contributed by atoms with van der Waals surface area (Å²) >= 11 is 3.36. The number of carboxylic acids is 4. The lowest BCUT2D eigenvalue weighted by Crippen LogP contribution is -2.16. The van der Waals surface area contributed by atoms with E-state index < -0.39 is 23.9 Å². The molecule has 11 nitrogen and oxygen atoms in total. The van der Waals surface area contributed by atoms with Gasteiger partial charge in [0.1, 0.15) is 5.84 Å². The van der Waals surface area contributed by atoms with Crippen LogP contribution in [0.5, 0.6) is 0 Å². The van der Waals surface area contributed by atoms with Crippen LogP contribution in [0.3, 0.4) is 0 Å². The largest absolute Gasteiger partial charge is 0.473 e. The van der Waals surface area contributed by atoms with Crippen molar-refractivity contribution in [2.45, 2.75) is 13.0 Å². The molecule has 2 heterocycles. The minimum atomic E-state index is -1.82. The molecule has 35 heavy (non-hydrogen) atoms. The van der Waals surface area contributed by atoms with E-state index in [1.165, 1.54) is 10.4 Å². The van der Waals surface area contributed by atoms with Gasteiger partial charge in [0.05, 0.1) is 4.88 Å². The Morgan fingerprint density at radius 3 is 1.77 bits per heavy atom. The molecule has 0 fully saturated rings. The lowest BCUT2D eigenvalue weighted by molar-refractivity contribution is -0.159. The van der Waals surface area contributed by atoms with Gasteiger partial charge in [0.25, 0.3) is 0 Å². The van der Waals surface area contributed by atoms with Crippen LogP contribution in [0.25, 0.3) is 0 Å². The lowest BCUT2D eigenvalue weighted by Gasteiger charge is -2.08. The van der Waals surface area contributed by atoms with Crippen molar-refractivity contribution in [3.05, 3.63) is 74.6 Å². The summed E-state index contributed by atoms with van der Waals surface area (Å²) < 4.78 is 0. The Kier molecular flexibility index (Phi) is 13.0. The maximum Gasteiger partial charge on any atom is 0.414 e. The highest BCUT2D eigenvalue weighted by molar-refractivity contribution is 7.12. The fourth-order valence-corrected chi connectivity index (χ4v) is 3.54. The summed E-state index contributed by atoms with van der Waals surface area (Å²) in [6.45, 7) is 1.91. The molecule has 2 aromatic heterocycles. The van der Waals surface area contributed by atoms with E-state index in [1.807, 2.05) is 29.6 Å². The molecule has 3 rings (SSSR count). The van der Waals surface area contributed by atoms with Gasteiger partial charge in [0, 0.05) is 17.1 Å². The van der Waals surface area contributed by atoms with Crippen LogP contribution < -0.4 is 10.6 Å². The number of thiophene rings is 2. The zero-order chi connectivity index (χ0) is 26.2. The molecule has 0 aliphatic rings. The van der Waals surface area contributed by atoms with Crippen molar-refractivity contribution in [2.75, 3.05) is 11.9 Å². The van der Waals surface area contributed by atoms with E-state index >= 15 is 0 Å². The summed E-state index contributed by atoms with van der Waals surface area (Å²) in [7, 11) is 0. The monoisotopic (exact) mass is 521 g/mol. The third-order valence-electron chi connectivity index (χ3n) is 3.83. The van der Waals surface area contributed by atoms with Crippen LogP contribution in [-0.2, 0) is 32.1 Å². The Balaban J connectivity index is 0.000000425. The van der Waals surface area contributed by atoms with Crippen molar-refractivity contribution < 1.29 is 39.6 Å². The number of hydrogen-bond acceptors (Lipinski definition) is 8. The second kappa shape index (κ2) is 15.7. The Hall–Kier alpha value is -4.07. The molecule has 0 aliphatic carbocycles.